The van der Waals surface area contributed by atoms with Crippen molar-refractivity contribution in [2.24, 2.45) is 0 Å². The minimum atomic E-state index is -0.311. The van der Waals surface area contributed by atoms with Gasteiger partial charge in [0.05, 0.1) is 43.2 Å². The first kappa shape index (κ1) is 20.9. The monoisotopic (exact) mass is 406 g/mol. The lowest BCUT2D eigenvalue weighted by atomic mass is 9.92. The Kier molecular flexibility index (Phi) is 6.65. The maximum atomic E-state index is 12.1. The number of aromatic hydroxyl groups is 1. The lowest BCUT2D eigenvalue weighted by Gasteiger charge is -2.15. The summed E-state index contributed by atoms with van der Waals surface area (Å²) < 4.78 is 11.6. The quantitative estimate of drug-likeness (QED) is 0.572. The van der Waals surface area contributed by atoms with E-state index in [0.29, 0.717) is 35.9 Å². The second-order valence-electron chi connectivity index (χ2n) is 6.61. The Labute approximate surface area is 174 Å². The maximum Gasteiger partial charge on any atom is 0.306 e. The van der Waals surface area contributed by atoms with Gasteiger partial charge in [-0.2, -0.15) is 10.4 Å². The molecule has 2 aromatic heterocycles. The summed E-state index contributed by atoms with van der Waals surface area (Å²) in [5.41, 5.74) is 2.61. The molecule has 8 nitrogen and oxygen atoms in total. The van der Waals surface area contributed by atoms with Crippen LogP contribution < -0.4 is 4.74 Å². The number of esters is 1. The minimum absolute atomic E-state index is 0.0301. The first-order valence-electron chi connectivity index (χ1n) is 9.48. The molecule has 1 atom stereocenters. The van der Waals surface area contributed by atoms with E-state index < -0.39 is 0 Å². The molecule has 2 heterocycles. The highest BCUT2D eigenvalue weighted by Crippen LogP contribution is 2.27. The van der Waals surface area contributed by atoms with E-state index in [1.807, 2.05) is 6.07 Å². The zero-order valence-corrected chi connectivity index (χ0v) is 16.8. The van der Waals surface area contributed by atoms with Crippen LogP contribution in [0.15, 0.2) is 48.7 Å². The standard InChI is InChI=1S/C22H22N4O4/c1-3-30-22(28)11-17(16-6-9-20(29-2)24-14-16)10-18-12-21(27)26(25-18)19-7-4-15(13-23)5-8-19/h4-9,12,14,17,27H,3,10-11H2,1-2H3. The lowest BCUT2D eigenvalue weighted by molar-refractivity contribution is -0.143. The number of nitrogens with zero attached hydrogens (tertiary/aromatic N) is 4. The third-order valence-electron chi connectivity index (χ3n) is 4.60. The molecule has 3 aromatic rings. The third-order valence-corrected chi connectivity index (χ3v) is 4.60. The molecule has 0 aliphatic carbocycles. The molecular formula is C22H22N4O4. The molecule has 3 rings (SSSR count). The summed E-state index contributed by atoms with van der Waals surface area (Å²) in [6, 6.07) is 13.9. The largest absolute Gasteiger partial charge is 0.493 e. The van der Waals surface area contributed by atoms with Crippen molar-refractivity contribution in [1.82, 2.24) is 14.8 Å². The summed E-state index contributed by atoms with van der Waals surface area (Å²) in [5.74, 6) is -0.0888. The van der Waals surface area contributed by atoms with Crippen LogP contribution in [0.5, 0.6) is 11.8 Å². The van der Waals surface area contributed by atoms with Crippen LogP contribution in [-0.2, 0) is 16.0 Å². The number of ether oxygens (including phenoxy) is 2. The van der Waals surface area contributed by atoms with E-state index in [1.165, 1.54) is 11.8 Å². The number of pyridine rings is 1. The summed E-state index contributed by atoms with van der Waals surface area (Å²) in [7, 11) is 1.54. The Morgan fingerprint density at radius 1 is 1.27 bits per heavy atom. The van der Waals surface area contributed by atoms with Crippen LogP contribution in [0.25, 0.3) is 5.69 Å². The van der Waals surface area contributed by atoms with Gasteiger partial charge >= 0.3 is 5.97 Å². The Balaban J connectivity index is 1.85. The molecule has 1 aromatic carbocycles. The van der Waals surface area contributed by atoms with Crippen molar-refractivity contribution >= 4 is 5.97 Å². The molecule has 0 saturated heterocycles. The minimum Gasteiger partial charge on any atom is -0.493 e. The van der Waals surface area contributed by atoms with Crippen molar-refractivity contribution < 1.29 is 19.4 Å². The topological polar surface area (TPSA) is 110 Å². The SMILES string of the molecule is CCOC(=O)CC(Cc1cc(O)n(-c2ccc(C#N)cc2)n1)c1ccc(OC)nc1. The van der Waals surface area contributed by atoms with Crippen LogP contribution in [0.4, 0.5) is 0 Å². The highest BCUT2D eigenvalue weighted by Gasteiger charge is 2.21. The summed E-state index contributed by atoms with van der Waals surface area (Å²) in [5, 5.41) is 23.8. The van der Waals surface area contributed by atoms with Gasteiger partial charge in [0.25, 0.3) is 0 Å². The van der Waals surface area contributed by atoms with Gasteiger partial charge in [-0.1, -0.05) is 6.07 Å². The van der Waals surface area contributed by atoms with Gasteiger partial charge in [0, 0.05) is 24.2 Å². The summed E-state index contributed by atoms with van der Waals surface area (Å²) in [6.45, 7) is 2.07. The van der Waals surface area contributed by atoms with E-state index in [0.717, 1.165) is 5.56 Å². The maximum absolute atomic E-state index is 12.1. The van der Waals surface area contributed by atoms with Crippen molar-refractivity contribution in [2.45, 2.75) is 25.7 Å². The molecule has 0 amide bonds. The van der Waals surface area contributed by atoms with Crippen LogP contribution in [0.3, 0.4) is 0 Å². The van der Waals surface area contributed by atoms with Crippen molar-refractivity contribution in [3.05, 3.63) is 65.5 Å². The highest BCUT2D eigenvalue weighted by molar-refractivity contribution is 5.70. The number of aromatic nitrogens is 3. The number of hydrogen-bond donors (Lipinski definition) is 1. The summed E-state index contributed by atoms with van der Waals surface area (Å²) >= 11 is 0. The Hall–Kier alpha value is -3.86. The number of rotatable bonds is 8. The van der Waals surface area contributed by atoms with Gasteiger partial charge in [0.1, 0.15) is 0 Å². The number of carbonyl (C=O) groups is 1. The van der Waals surface area contributed by atoms with Gasteiger partial charge in [0.15, 0.2) is 0 Å². The first-order chi connectivity index (χ1) is 14.5. The predicted octanol–water partition coefficient (Wildman–Crippen LogP) is 3.13. The number of nitriles is 1. The van der Waals surface area contributed by atoms with Crippen LogP contribution in [0.1, 0.15) is 36.1 Å². The van der Waals surface area contributed by atoms with Gasteiger partial charge in [-0.25, -0.2) is 9.67 Å². The number of hydrogen-bond acceptors (Lipinski definition) is 7. The Bertz CT molecular complexity index is 1040. The van der Waals surface area contributed by atoms with E-state index in [-0.39, 0.29) is 24.2 Å². The second-order valence-corrected chi connectivity index (χ2v) is 6.61. The molecular weight excluding hydrogens is 384 g/mol. The molecule has 0 radical (unpaired) electrons. The molecule has 0 aliphatic heterocycles. The number of methoxy groups -OCH3 is 1. The van der Waals surface area contributed by atoms with Crippen LogP contribution in [0, 0.1) is 11.3 Å². The van der Waals surface area contributed by atoms with Gasteiger partial charge in [-0.3, -0.25) is 4.79 Å². The zero-order valence-electron chi connectivity index (χ0n) is 16.8. The van der Waals surface area contributed by atoms with E-state index in [9.17, 15) is 9.90 Å². The van der Waals surface area contributed by atoms with Crippen LogP contribution in [-0.4, -0.2) is 39.6 Å². The summed E-state index contributed by atoms with van der Waals surface area (Å²) in [4.78, 5) is 16.3. The fourth-order valence-electron chi connectivity index (χ4n) is 3.12. The highest BCUT2D eigenvalue weighted by atomic mass is 16.5. The van der Waals surface area contributed by atoms with E-state index >= 15 is 0 Å². The average Bonchev–Trinajstić information content (AvgIpc) is 3.13. The molecule has 0 fully saturated rings. The zero-order chi connectivity index (χ0) is 21.5. The second kappa shape index (κ2) is 9.56. The van der Waals surface area contributed by atoms with Crippen LogP contribution >= 0.6 is 0 Å². The Morgan fingerprint density at radius 2 is 2.03 bits per heavy atom. The molecule has 8 heteroatoms. The van der Waals surface area contributed by atoms with Crippen molar-refractivity contribution in [1.29, 1.82) is 5.26 Å². The fraction of sp³-hybridized carbons (Fsp3) is 0.273. The average molecular weight is 406 g/mol. The first-order valence-corrected chi connectivity index (χ1v) is 9.48. The summed E-state index contributed by atoms with van der Waals surface area (Å²) in [6.07, 6.45) is 2.23. The fourth-order valence-corrected chi connectivity index (χ4v) is 3.12. The molecule has 0 spiro atoms. The molecule has 154 valence electrons. The van der Waals surface area contributed by atoms with Gasteiger partial charge < -0.3 is 14.6 Å². The van der Waals surface area contributed by atoms with Crippen molar-refractivity contribution in [3.8, 4) is 23.5 Å². The van der Waals surface area contributed by atoms with E-state index in [1.54, 1.807) is 49.5 Å². The van der Waals surface area contributed by atoms with Gasteiger partial charge in [0.2, 0.25) is 11.8 Å². The normalized spacial score (nSPS) is 11.5. The number of carbonyl (C=O) groups excluding carboxylic acids is 1. The lowest BCUT2D eigenvalue weighted by Crippen LogP contribution is -2.13. The molecule has 30 heavy (non-hydrogen) atoms. The third kappa shape index (κ3) is 4.94. The van der Waals surface area contributed by atoms with Gasteiger partial charge in [-0.15, -0.1) is 0 Å². The predicted molar refractivity (Wildman–Crippen MR) is 108 cm³/mol. The van der Waals surface area contributed by atoms with Gasteiger partial charge in [-0.05, 0) is 43.2 Å². The van der Waals surface area contributed by atoms with E-state index in [2.05, 4.69) is 16.2 Å². The molecule has 1 N–H and O–H groups in total. The van der Waals surface area contributed by atoms with Crippen LogP contribution in [0.2, 0.25) is 0 Å². The smallest absolute Gasteiger partial charge is 0.306 e. The number of benzene rings is 1. The molecule has 0 aliphatic rings. The Morgan fingerprint density at radius 3 is 2.63 bits per heavy atom. The van der Waals surface area contributed by atoms with E-state index in [4.69, 9.17) is 14.7 Å². The van der Waals surface area contributed by atoms with Crippen molar-refractivity contribution in [3.63, 3.8) is 0 Å². The molecule has 0 bridgehead atoms. The van der Waals surface area contributed by atoms with Crippen molar-refractivity contribution in [2.75, 3.05) is 13.7 Å². The molecule has 1 unspecified atom stereocenters. The molecule has 0 saturated carbocycles.